The Morgan fingerprint density at radius 3 is 2.32 bits per heavy atom. The molecule has 1 saturated heterocycles. The second-order valence-electron chi connectivity index (χ2n) is 6.55. The third kappa shape index (κ3) is 4.31. The summed E-state index contributed by atoms with van der Waals surface area (Å²) >= 11 is 1.63. The number of hydrogen-bond acceptors (Lipinski definition) is 6. The largest absolute Gasteiger partial charge is 0.435 e. The zero-order valence-electron chi connectivity index (χ0n) is 14.9. The van der Waals surface area contributed by atoms with E-state index in [0.717, 1.165) is 42.0 Å². The Hall–Kier alpha value is -2.52. The van der Waals surface area contributed by atoms with Crippen LogP contribution in [0.3, 0.4) is 0 Å². The molecule has 2 aromatic heterocycles. The number of alkyl halides is 3. The van der Waals surface area contributed by atoms with Crippen LogP contribution in [0.15, 0.2) is 47.8 Å². The molecule has 0 atom stereocenters. The minimum absolute atomic E-state index is 0.479. The highest BCUT2D eigenvalue weighted by Crippen LogP contribution is 2.28. The van der Waals surface area contributed by atoms with Gasteiger partial charge in [-0.15, -0.1) is 21.5 Å². The number of nitrogens with zero attached hydrogens (tertiary/aromatic N) is 5. The molecule has 5 nitrogen and oxygen atoms in total. The van der Waals surface area contributed by atoms with Crippen molar-refractivity contribution >= 4 is 17.2 Å². The van der Waals surface area contributed by atoms with Crippen molar-refractivity contribution in [3.05, 3.63) is 59.2 Å². The lowest BCUT2D eigenvalue weighted by Crippen LogP contribution is -2.46. The standard InChI is InChI=1S/C19H18F3N5S/c20-19(21,22)16-6-7-17(25-24-16)27-10-8-26(9-11-27)12-15-13-28-18(23-15)14-4-2-1-3-5-14/h1-7,13H,8-12H2. The fourth-order valence-electron chi connectivity index (χ4n) is 3.10. The van der Waals surface area contributed by atoms with Gasteiger partial charge < -0.3 is 4.90 Å². The number of piperazine rings is 1. The van der Waals surface area contributed by atoms with Gasteiger partial charge in [-0.1, -0.05) is 30.3 Å². The van der Waals surface area contributed by atoms with Gasteiger partial charge in [-0.25, -0.2) is 4.98 Å². The van der Waals surface area contributed by atoms with E-state index in [1.54, 1.807) is 11.3 Å². The summed E-state index contributed by atoms with van der Waals surface area (Å²) in [4.78, 5) is 8.97. The topological polar surface area (TPSA) is 45.2 Å². The van der Waals surface area contributed by atoms with E-state index < -0.39 is 11.9 Å². The number of aromatic nitrogens is 3. The number of hydrogen-bond donors (Lipinski definition) is 0. The molecule has 3 heterocycles. The molecule has 0 saturated carbocycles. The number of thiazole rings is 1. The predicted molar refractivity (Wildman–Crippen MR) is 102 cm³/mol. The van der Waals surface area contributed by atoms with Crippen LogP contribution in [0.1, 0.15) is 11.4 Å². The maximum atomic E-state index is 12.6. The van der Waals surface area contributed by atoms with Gasteiger partial charge in [-0.05, 0) is 12.1 Å². The lowest BCUT2D eigenvalue weighted by atomic mass is 10.2. The number of benzene rings is 1. The molecule has 146 valence electrons. The van der Waals surface area contributed by atoms with Gasteiger partial charge in [-0.2, -0.15) is 13.2 Å². The van der Waals surface area contributed by atoms with E-state index in [1.807, 2.05) is 35.2 Å². The Morgan fingerprint density at radius 1 is 0.929 bits per heavy atom. The Labute approximate surface area is 164 Å². The molecule has 1 aliphatic heterocycles. The minimum Gasteiger partial charge on any atom is -0.353 e. The van der Waals surface area contributed by atoms with Gasteiger partial charge in [0.1, 0.15) is 5.01 Å². The fourth-order valence-corrected chi connectivity index (χ4v) is 3.92. The van der Waals surface area contributed by atoms with Gasteiger partial charge in [0.2, 0.25) is 0 Å². The van der Waals surface area contributed by atoms with E-state index in [9.17, 15) is 13.2 Å². The van der Waals surface area contributed by atoms with Gasteiger partial charge >= 0.3 is 6.18 Å². The molecule has 0 bridgehead atoms. The monoisotopic (exact) mass is 405 g/mol. The molecule has 28 heavy (non-hydrogen) atoms. The van der Waals surface area contributed by atoms with Crippen LogP contribution in [-0.2, 0) is 12.7 Å². The van der Waals surface area contributed by atoms with E-state index in [1.165, 1.54) is 6.07 Å². The first-order chi connectivity index (χ1) is 13.5. The highest BCUT2D eigenvalue weighted by atomic mass is 32.1. The van der Waals surface area contributed by atoms with Gasteiger partial charge in [-0.3, -0.25) is 4.90 Å². The van der Waals surface area contributed by atoms with Crippen LogP contribution in [-0.4, -0.2) is 46.3 Å². The molecule has 1 aromatic carbocycles. The van der Waals surface area contributed by atoms with Crippen LogP contribution in [0.4, 0.5) is 19.0 Å². The Bertz CT molecular complexity index is 903. The molecule has 0 spiro atoms. The normalized spacial score (nSPS) is 15.8. The highest BCUT2D eigenvalue weighted by Gasteiger charge is 2.33. The summed E-state index contributed by atoms with van der Waals surface area (Å²) in [6, 6.07) is 12.4. The summed E-state index contributed by atoms with van der Waals surface area (Å²) < 4.78 is 37.8. The highest BCUT2D eigenvalue weighted by molar-refractivity contribution is 7.13. The molecule has 0 radical (unpaired) electrons. The van der Waals surface area contributed by atoms with E-state index >= 15 is 0 Å². The number of anilines is 1. The molecule has 1 fully saturated rings. The average Bonchev–Trinajstić information content (AvgIpc) is 3.17. The zero-order chi connectivity index (χ0) is 19.6. The van der Waals surface area contributed by atoms with Gasteiger partial charge in [0.15, 0.2) is 11.5 Å². The second kappa shape index (κ2) is 7.84. The SMILES string of the molecule is FC(F)(F)c1ccc(N2CCN(Cc3csc(-c4ccccc4)n3)CC2)nn1. The molecule has 3 aromatic rings. The molecule has 0 unspecified atom stereocenters. The molecule has 1 aliphatic rings. The lowest BCUT2D eigenvalue weighted by Gasteiger charge is -2.34. The van der Waals surface area contributed by atoms with Crippen molar-refractivity contribution in [3.63, 3.8) is 0 Å². The number of rotatable bonds is 4. The van der Waals surface area contributed by atoms with E-state index in [4.69, 9.17) is 4.98 Å². The Morgan fingerprint density at radius 2 is 1.68 bits per heavy atom. The Kier molecular flexibility index (Phi) is 5.27. The second-order valence-corrected chi connectivity index (χ2v) is 7.41. The predicted octanol–water partition coefficient (Wildman–Crippen LogP) is 3.94. The molecule has 0 aliphatic carbocycles. The van der Waals surface area contributed by atoms with Crippen LogP contribution in [0.2, 0.25) is 0 Å². The summed E-state index contributed by atoms with van der Waals surface area (Å²) in [5, 5.41) is 10.1. The van der Waals surface area contributed by atoms with E-state index in [2.05, 4.69) is 20.5 Å². The van der Waals surface area contributed by atoms with Crippen LogP contribution in [0.25, 0.3) is 10.6 Å². The van der Waals surface area contributed by atoms with Crippen molar-refractivity contribution in [2.45, 2.75) is 12.7 Å². The summed E-state index contributed by atoms with van der Waals surface area (Å²) in [7, 11) is 0. The third-order valence-electron chi connectivity index (χ3n) is 4.60. The van der Waals surface area contributed by atoms with E-state index in [-0.39, 0.29) is 0 Å². The zero-order valence-corrected chi connectivity index (χ0v) is 15.7. The fraction of sp³-hybridized carbons (Fsp3) is 0.316. The molecular formula is C19H18F3N5S. The third-order valence-corrected chi connectivity index (χ3v) is 5.54. The van der Waals surface area contributed by atoms with Gasteiger partial charge in [0, 0.05) is 43.7 Å². The minimum atomic E-state index is -4.46. The summed E-state index contributed by atoms with van der Waals surface area (Å²) in [6.45, 7) is 3.73. The van der Waals surface area contributed by atoms with Crippen LogP contribution in [0, 0.1) is 0 Å². The van der Waals surface area contributed by atoms with Gasteiger partial charge in [0.05, 0.1) is 5.69 Å². The van der Waals surface area contributed by atoms with Crippen molar-refractivity contribution in [1.29, 1.82) is 0 Å². The van der Waals surface area contributed by atoms with Crippen molar-refractivity contribution < 1.29 is 13.2 Å². The van der Waals surface area contributed by atoms with Crippen LogP contribution < -0.4 is 4.90 Å². The van der Waals surface area contributed by atoms with Crippen LogP contribution in [0.5, 0.6) is 0 Å². The first-order valence-electron chi connectivity index (χ1n) is 8.87. The molecular weight excluding hydrogens is 387 g/mol. The first-order valence-corrected chi connectivity index (χ1v) is 9.75. The maximum absolute atomic E-state index is 12.6. The van der Waals surface area contributed by atoms with Crippen molar-refractivity contribution in [2.24, 2.45) is 0 Å². The quantitative estimate of drug-likeness (QED) is 0.658. The molecule has 0 amide bonds. The molecule has 9 heteroatoms. The van der Waals surface area contributed by atoms with Crippen LogP contribution >= 0.6 is 11.3 Å². The average molecular weight is 405 g/mol. The number of halogens is 3. The van der Waals surface area contributed by atoms with Crippen molar-refractivity contribution in [2.75, 3.05) is 31.1 Å². The summed E-state index contributed by atoms with van der Waals surface area (Å²) in [6.07, 6.45) is -4.46. The smallest absolute Gasteiger partial charge is 0.353 e. The molecule has 4 rings (SSSR count). The Balaban J connectivity index is 1.33. The summed E-state index contributed by atoms with van der Waals surface area (Å²) in [5.41, 5.74) is 1.18. The van der Waals surface area contributed by atoms with Crippen molar-refractivity contribution in [1.82, 2.24) is 20.1 Å². The lowest BCUT2D eigenvalue weighted by molar-refractivity contribution is -0.141. The van der Waals surface area contributed by atoms with E-state index in [0.29, 0.717) is 18.9 Å². The first kappa shape index (κ1) is 18.8. The van der Waals surface area contributed by atoms with Gasteiger partial charge in [0.25, 0.3) is 0 Å². The summed E-state index contributed by atoms with van der Waals surface area (Å²) in [5.74, 6) is 0.479. The molecule has 0 N–H and O–H groups in total. The maximum Gasteiger partial charge on any atom is 0.435 e. The van der Waals surface area contributed by atoms with Crippen molar-refractivity contribution in [3.8, 4) is 10.6 Å².